The van der Waals surface area contributed by atoms with Crippen molar-refractivity contribution >= 4 is 5.91 Å². The first kappa shape index (κ1) is 15.8. The average Bonchev–Trinajstić information content (AvgIpc) is 3.32. The third-order valence-electron chi connectivity index (χ3n) is 4.87. The van der Waals surface area contributed by atoms with Gasteiger partial charge in [-0.25, -0.2) is 14.5 Å². The highest BCUT2D eigenvalue weighted by Gasteiger charge is 2.34. The predicted octanol–water partition coefficient (Wildman–Crippen LogP) is -0.0827. The van der Waals surface area contributed by atoms with Crippen molar-refractivity contribution in [2.24, 2.45) is 0 Å². The molecule has 1 amide bonds. The topological polar surface area (TPSA) is 106 Å². The summed E-state index contributed by atoms with van der Waals surface area (Å²) in [5.41, 5.74) is -0.610. The number of carbonyl (C=O) groups is 1. The number of nitrogens with zero attached hydrogens (tertiary/aromatic N) is 5. The smallest absolute Gasteiger partial charge is 0.328 e. The molecule has 2 aliphatic rings. The first-order chi connectivity index (χ1) is 11.9. The zero-order chi connectivity index (χ0) is 17.7. The summed E-state index contributed by atoms with van der Waals surface area (Å²) in [6.45, 7) is 4.55. The third-order valence-corrected chi connectivity index (χ3v) is 4.87. The average molecular weight is 344 g/mol. The van der Waals surface area contributed by atoms with Gasteiger partial charge in [0.05, 0.1) is 12.6 Å². The van der Waals surface area contributed by atoms with E-state index >= 15 is 0 Å². The second-order valence-electron chi connectivity index (χ2n) is 6.79. The van der Waals surface area contributed by atoms with Gasteiger partial charge in [-0.05, 0) is 26.7 Å². The molecule has 9 heteroatoms. The molecule has 9 nitrogen and oxygen atoms in total. The van der Waals surface area contributed by atoms with Crippen LogP contribution in [0.5, 0.6) is 0 Å². The van der Waals surface area contributed by atoms with Gasteiger partial charge in [-0.2, -0.15) is 5.10 Å². The van der Waals surface area contributed by atoms with Crippen LogP contribution in [0, 0.1) is 6.92 Å². The number of hydrogen-bond donors (Lipinski definition) is 1. The Morgan fingerprint density at radius 1 is 1.32 bits per heavy atom. The SMILES string of the molecule is Cc1cn(CC(=O)N2CCn3nc(C4CC4)nc3[C@H]2C)c(=O)[nH]c1=O. The largest absolute Gasteiger partial charge is 0.329 e. The van der Waals surface area contributed by atoms with E-state index in [1.54, 1.807) is 11.8 Å². The van der Waals surface area contributed by atoms with Gasteiger partial charge in [0.15, 0.2) is 5.82 Å². The van der Waals surface area contributed by atoms with Crippen molar-refractivity contribution in [3.05, 3.63) is 44.2 Å². The molecule has 1 saturated carbocycles. The fraction of sp³-hybridized carbons (Fsp3) is 0.562. The standard InChI is InChI=1S/C16H20N6O3/c1-9-7-20(16(25)18-15(9)24)8-12(23)21-5-6-22-14(10(21)2)17-13(19-22)11-3-4-11/h7,10-11H,3-6,8H2,1-2H3,(H,18,24,25)/t10-/m1/s1. The number of aromatic amines is 1. The summed E-state index contributed by atoms with van der Waals surface area (Å²) < 4.78 is 3.12. The lowest BCUT2D eigenvalue weighted by Crippen LogP contribution is -2.44. The van der Waals surface area contributed by atoms with E-state index < -0.39 is 11.2 Å². The van der Waals surface area contributed by atoms with E-state index in [1.807, 2.05) is 11.6 Å². The molecule has 0 radical (unpaired) electrons. The van der Waals surface area contributed by atoms with Crippen molar-refractivity contribution in [1.29, 1.82) is 0 Å². The predicted molar refractivity (Wildman–Crippen MR) is 88.2 cm³/mol. The summed E-state index contributed by atoms with van der Waals surface area (Å²) in [6, 6.07) is -0.194. The maximum absolute atomic E-state index is 12.7. The number of hydrogen-bond acceptors (Lipinski definition) is 5. The minimum absolute atomic E-state index is 0.107. The Labute approximate surface area is 143 Å². The van der Waals surface area contributed by atoms with E-state index in [2.05, 4.69) is 15.1 Å². The Balaban J connectivity index is 1.55. The van der Waals surface area contributed by atoms with Crippen molar-refractivity contribution in [3.63, 3.8) is 0 Å². The monoisotopic (exact) mass is 344 g/mol. The van der Waals surface area contributed by atoms with Crippen LogP contribution in [-0.4, -0.2) is 41.7 Å². The molecule has 0 spiro atoms. The molecule has 3 heterocycles. The third kappa shape index (κ3) is 2.79. The molecular weight excluding hydrogens is 324 g/mol. The summed E-state index contributed by atoms with van der Waals surface area (Å²) >= 11 is 0. The van der Waals surface area contributed by atoms with Crippen LogP contribution in [0.4, 0.5) is 0 Å². The van der Waals surface area contributed by atoms with E-state index in [-0.39, 0.29) is 18.5 Å². The number of amides is 1. The zero-order valence-corrected chi connectivity index (χ0v) is 14.2. The molecular formula is C16H20N6O3. The van der Waals surface area contributed by atoms with Gasteiger partial charge in [-0.3, -0.25) is 19.1 Å². The van der Waals surface area contributed by atoms with E-state index in [4.69, 9.17) is 0 Å². The number of aryl methyl sites for hydroxylation is 1. The van der Waals surface area contributed by atoms with Crippen LogP contribution in [0.1, 0.15) is 48.9 Å². The molecule has 4 rings (SSSR count). The van der Waals surface area contributed by atoms with Crippen LogP contribution >= 0.6 is 0 Å². The molecule has 25 heavy (non-hydrogen) atoms. The van der Waals surface area contributed by atoms with Gasteiger partial charge in [0.2, 0.25) is 5.91 Å². The van der Waals surface area contributed by atoms with E-state index in [1.165, 1.54) is 10.8 Å². The number of fused-ring (bicyclic) bond motifs is 1. The van der Waals surface area contributed by atoms with Crippen LogP contribution in [0.2, 0.25) is 0 Å². The summed E-state index contributed by atoms with van der Waals surface area (Å²) in [6.07, 6.45) is 3.69. The van der Waals surface area contributed by atoms with Gasteiger partial charge in [0.1, 0.15) is 12.4 Å². The number of rotatable bonds is 3. The molecule has 0 bridgehead atoms. The highest BCUT2D eigenvalue weighted by atomic mass is 16.2. The Morgan fingerprint density at radius 3 is 2.80 bits per heavy atom. The minimum Gasteiger partial charge on any atom is -0.329 e. The van der Waals surface area contributed by atoms with Gasteiger partial charge in [0, 0.05) is 24.2 Å². The fourth-order valence-electron chi connectivity index (χ4n) is 3.21. The van der Waals surface area contributed by atoms with Gasteiger partial charge >= 0.3 is 5.69 Å². The fourth-order valence-corrected chi connectivity index (χ4v) is 3.21. The van der Waals surface area contributed by atoms with Crippen molar-refractivity contribution in [2.75, 3.05) is 6.54 Å². The van der Waals surface area contributed by atoms with Gasteiger partial charge < -0.3 is 4.90 Å². The maximum Gasteiger partial charge on any atom is 0.328 e. The highest BCUT2D eigenvalue weighted by Crippen LogP contribution is 2.39. The van der Waals surface area contributed by atoms with Crippen LogP contribution in [0.25, 0.3) is 0 Å². The van der Waals surface area contributed by atoms with E-state index in [9.17, 15) is 14.4 Å². The Bertz CT molecular complexity index is 952. The molecule has 0 unspecified atom stereocenters. The van der Waals surface area contributed by atoms with Crippen molar-refractivity contribution in [2.45, 2.75) is 51.7 Å². The summed E-state index contributed by atoms with van der Waals surface area (Å²) in [5, 5.41) is 4.55. The molecule has 0 saturated heterocycles. The lowest BCUT2D eigenvalue weighted by Gasteiger charge is -2.33. The van der Waals surface area contributed by atoms with E-state index in [0.717, 1.165) is 24.5 Å². The molecule has 0 aromatic carbocycles. The van der Waals surface area contributed by atoms with Crippen molar-refractivity contribution < 1.29 is 4.79 Å². The van der Waals surface area contributed by atoms with Gasteiger partial charge in [-0.1, -0.05) is 0 Å². The maximum atomic E-state index is 12.7. The molecule has 2 aromatic heterocycles. The zero-order valence-electron chi connectivity index (χ0n) is 14.2. The first-order valence-electron chi connectivity index (χ1n) is 8.48. The summed E-state index contributed by atoms with van der Waals surface area (Å²) in [5.74, 6) is 1.97. The Morgan fingerprint density at radius 2 is 2.08 bits per heavy atom. The lowest BCUT2D eigenvalue weighted by molar-refractivity contribution is -0.135. The van der Waals surface area contributed by atoms with Crippen LogP contribution in [0.3, 0.4) is 0 Å². The Hall–Kier alpha value is -2.71. The molecule has 1 fully saturated rings. The minimum atomic E-state index is -0.576. The molecule has 2 aromatic rings. The summed E-state index contributed by atoms with van der Waals surface area (Å²) in [4.78, 5) is 44.6. The molecule has 1 N–H and O–H groups in total. The van der Waals surface area contributed by atoms with Crippen LogP contribution in [-0.2, 0) is 17.9 Å². The normalized spacial score (nSPS) is 19.8. The van der Waals surface area contributed by atoms with Crippen molar-refractivity contribution in [1.82, 2.24) is 29.2 Å². The van der Waals surface area contributed by atoms with Crippen LogP contribution in [0.15, 0.2) is 15.8 Å². The van der Waals surface area contributed by atoms with Crippen molar-refractivity contribution in [3.8, 4) is 0 Å². The first-order valence-corrected chi connectivity index (χ1v) is 8.48. The lowest BCUT2D eigenvalue weighted by atomic mass is 10.2. The molecule has 1 atom stereocenters. The molecule has 1 aliphatic carbocycles. The van der Waals surface area contributed by atoms with Gasteiger partial charge in [0.25, 0.3) is 5.56 Å². The quantitative estimate of drug-likeness (QED) is 0.838. The molecule has 132 valence electrons. The second-order valence-corrected chi connectivity index (χ2v) is 6.79. The second kappa shape index (κ2) is 5.68. The number of aromatic nitrogens is 5. The number of carbonyl (C=O) groups excluding carboxylic acids is 1. The number of H-pyrrole nitrogens is 1. The Kier molecular flexibility index (Phi) is 3.59. The van der Waals surface area contributed by atoms with Gasteiger partial charge in [-0.15, -0.1) is 0 Å². The highest BCUT2D eigenvalue weighted by molar-refractivity contribution is 5.76. The summed E-state index contributed by atoms with van der Waals surface area (Å²) in [7, 11) is 0. The van der Waals surface area contributed by atoms with Crippen LogP contribution < -0.4 is 11.2 Å². The number of nitrogens with one attached hydrogen (secondary N) is 1. The molecule has 1 aliphatic heterocycles. The van der Waals surface area contributed by atoms with E-state index in [0.29, 0.717) is 24.6 Å².